The fourth-order valence-corrected chi connectivity index (χ4v) is 4.03. The van der Waals surface area contributed by atoms with Crippen molar-refractivity contribution < 1.29 is 28.9 Å². The van der Waals surface area contributed by atoms with E-state index in [4.69, 9.17) is 9.84 Å². The number of fused-ring (bicyclic) bond motifs is 3. The normalized spacial score (nSPS) is 12.2. The number of hydrogen-bond donors (Lipinski definition) is 2. The summed E-state index contributed by atoms with van der Waals surface area (Å²) >= 11 is 0. The third-order valence-corrected chi connectivity index (χ3v) is 5.69. The summed E-state index contributed by atoms with van der Waals surface area (Å²) in [6.45, 7) is 0.0983. The van der Waals surface area contributed by atoms with Gasteiger partial charge in [-0.15, -0.1) is 0 Å². The minimum atomic E-state index is -1.18. The van der Waals surface area contributed by atoms with E-state index < -0.39 is 24.5 Å². The van der Waals surface area contributed by atoms with Gasteiger partial charge in [-0.25, -0.2) is 9.42 Å². The van der Waals surface area contributed by atoms with Gasteiger partial charge in [0.15, 0.2) is 0 Å². The Balaban J connectivity index is 1.43. The molecule has 0 fully saturated rings. The van der Waals surface area contributed by atoms with Gasteiger partial charge in [0, 0.05) is 19.0 Å². The fourth-order valence-electron chi connectivity index (χ4n) is 4.03. The summed E-state index contributed by atoms with van der Waals surface area (Å²) in [7, 11) is 3.59. The number of benzene rings is 2. The van der Waals surface area contributed by atoms with Crippen LogP contribution in [0.1, 0.15) is 27.5 Å². The van der Waals surface area contributed by atoms with Crippen molar-refractivity contribution in [3.8, 4) is 11.1 Å². The fraction of sp³-hybridized carbons (Fsp3) is 0.292. The maximum Gasteiger partial charge on any atom is 0.412 e. The zero-order valence-corrected chi connectivity index (χ0v) is 19.3. The number of rotatable bonds is 9. The predicted octanol–water partition coefficient (Wildman–Crippen LogP) is 2.52. The number of carbonyl (C=O) groups excluding carboxylic acids is 2. The maximum absolute atomic E-state index is 12.9. The van der Waals surface area contributed by atoms with Gasteiger partial charge in [-0.2, -0.15) is 0 Å². The molecule has 2 aromatic carbocycles. The van der Waals surface area contributed by atoms with Crippen LogP contribution in [0.3, 0.4) is 0 Å². The van der Waals surface area contributed by atoms with E-state index in [0.29, 0.717) is 6.54 Å². The van der Waals surface area contributed by atoms with E-state index in [0.717, 1.165) is 27.2 Å². The number of carboxylic acids is 1. The monoisotopic (exact) mass is 479 g/mol. The molecule has 2 amide bonds. The molecular formula is C24H25N5O6. The second kappa shape index (κ2) is 10.3. The van der Waals surface area contributed by atoms with Gasteiger partial charge in [0.1, 0.15) is 13.2 Å². The van der Waals surface area contributed by atoms with Gasteiger partial charge in [-0.1, -0.05) is 48.5 Å². The van der Waals surface area contributed by atoms with Crippen LogP contribution in [-0.2, 0) is 9.53 Å². The Bertz CT molecular complexity index is 1190. The van der Waals surface area contributed by atoms with Crippen LogP contribution in [0, 0.1) is 0 Å². The summed E-state index contributed by atoms with van der Waals surface area (Å²) in [6.07, 6.45) is -0.838. The highest BCUT2D eigenvalue weighted by Gasteiger charge is 2.30. The molecular weight excluding hydrogens is 454 g/mol. The molecule has 0 saturated heterocycles. The zero-order chi connectivity index (χ0) is 24.9. The molecule has 1 aliphatic rings. The molecule has 11 heteroatoms. The summed E-state index contributed by atoms with van der Waals surface area (Å²) in [5.74, 6) is -2.29. The number of aromatic nitrogens is 2. The Morgan fingerprint density at radius 2 is 1.63 bits per heavy atom. The van der Waals surface area contributed by atoms with E-state index >= 15 is 0 Å². The summed E-state index contributed by atoms with van der Waals surface area (Å²) in [4.78, 5) is 39.6. The Morgan fingerprint density at radius 3 is 2.23 bits per heavy atom. The van der Waals surface area contributed by atoms with Crippen molar-refractivity contribution in [3.05, 3.63) is 65.4 Å². The second-order valence-corrected chi connectivity index (χ2v) is 8.34. The SMILES string of the molecule is CN(C)CCN(CC(=O)O)C(=O)c1nonc1NC(=O)OCC1c2ccccc2-c2ccccc21. The lowest BCUT2D eigenvalue weighted by molar-refractivity contribution is -0.137. The number of nitrogens with zero attached hydrogens (tertiary/aromatic N) is 4. The van der Waals surface area contributed by atoms with Crippen molar-refractivity contribution >= 4 is 23.8 Å². The van der Waals surface area contributed by atoms with Crippen molar-refractivity contribution in [1.82, 2.24) is 20.1 Å². The lowest BCUT2D eigenvalue weighted by Gasteiger charge is -2.21. The molecule has 0 spiro atoms. The molecule has 11 nitrogen and oxygen atoms in total. The summed E-state index contributed by atoms with van der Waals surface area (Å²) < 4.78 is 10.1. The average molecular weight is 479 g/mol. The second-order valence-electron chi connectivity index (χ2n) is 8.34. The van der Waals surface area contributed by atoms with Crippen LogP contribution in [0.15, 0.2) is 53.2 Å². The van der Waals surface area contributed by atoms with Gasteiger partial charge in [0.25, 0.3) is 5.91 Å². The van der Waals surface area contributed by atoms with Gasteiger partial charge < -0.3 is 19.6 Å². The first kappa shape index (κ1) is 23.9. The van der Waals surface area contributed by atoms with Crippen molar-refractivity contribution in [2.24, 2.45) is 0 Å². The maximum atomic E-state index is 12.9. The molecule has 3 aromatic rings. The van der Waals surface area contributed by atoms with Gasteiger partial charge in [0.2, 0.25) is 11.5 Å². The molecule has 1 aromatic heterocycles. The van der Waals surface area contributed by atoms with Crippen LogP contribution in [0.2, 0.25) is 0 Å². The summed E-state index contributed by atoms with van der Waals surface area (Å²) in [5.41, 5.74) is 4.01. The van der Waals surface area contributed by atoms with Crippen molar-refractivity contribution in [3.63, 3.8) is 0 Å². The number of carbonyl (C=O) groups is 3. The van der Waals surface area contributed by atoms with E-state index in [1.54, 1.807) is 19.0 Å². The molecule has 0 radical (unpaired) electrons. The number of amides is 2. The van der Waals surface area contributed by atoms with Gasteiger partial charge in [-0.3, -0.25) is 14.9 Å². The molecule has 0 unspecified atom stereocenters. The highest BCUT2D eigenvalue weighted by atomic mass is 16.6. The van der Waals surface area contributed by atoms with E-state index in [1.165, 1.54) is 0 Å². The van der Waals surface area contributed by atoms with Gasteiger partial charge in [0.05, 0.1) is 0 Å². The van der Waals surface area contributed by atoms with E-state index in [2.05, 4.69) is 20.3 Å². The number of nitrogens with one attached hydrogen (secondary N) is 1. The average Bonchev–Trinajstić information content (AvgIpc) is 3.42. The molecule has 1 aliphatic carbocycles. The number of ether oxygens (including phenoxy) is 1. The topological polar surface area (TPSA) is 138 Å². The summed E-state index contributed by atoms with van der Waals surface area (Å²) in [5, 5.41) is 18.7. The minimum absolute atomic E-state index is 0.0718. The third-order valence-electron chi connectivity index (χ3n) is 5.69. The molecule has 0 aliphatic heterocycles. The molecule has 0 bridgehead atoms. The molecule has 1 heterocycles. The lowest BCUT2D eigenvalue weighted by atomic mass is 9.98. The predicted molar refractivity (Wildman–Crippen MR) is 125 cm³/mol. The third kappa shape index (κ3) is 5.30. The van der Waals surface area contributed by atoms with E-state index in [1.807, 2.05) is 48.5 Å². The van der Waals surface area contributed by atoms with Gasteiger partial charge in [-0.05, 0) is 46.7 Å². The Kier molecular flexibility index (Phi) is 7.06. The van der Waals surface area contributed by atoms with E-state index in [-0.39, 0.29) is 30.6 Å². The minimum Gasteiger partial charge on any atom is -0.480 e. The summed E-state index contributed by atoms with van der Waals surface area (Å²) in [6, 6.07) is 15.9. The number of anilines is 1. The molecule has 0 atom stereocenters. The molecule has 4 rings (SSSR count). The number of likely N-dealkylation sites (N-methyl/N-ethyl adjacent to an activating group) is 1. The first-order valence-corrected chi connectivity index (χ1v) is 11.0. The molecule has 182 valence electrons. The number of hydrogen-bond acceptors (Lipinski definition) is 8. The largest absolute Gasteiger partial charge is 0.480 e. The Labute approximate surface area is 201 Å². The number of aliphatic carboxylic acids is 1. The Hall–Kier alpha value is -4.25. The van der Waals surface area contributed by atoms with Crippen molar-refractivity contribution in [2.75, 3.05) is 45.7 Å². The van der Waals surface area contributed by atoms with Crippen LogP contribution >= 0.6 is 0 Å². The van der Waals surface area contributed by atoms with Crippen LogP contribution in [0.5, 0.6) is 0 Å². The number of carboxylic acid groups (broad SMARTS) is 1. The van der Waals surface area contributed by atoms with Crippen LogP contribution in [0.4, 0.5) is 10.6 Å². The first-order valence-electron chi connectivity index (χ1n) is 11.0. The molecule has 2 N–H and O–H groups in total. The van der Waals surface area contributed by atoms with Crippen LogP contribution in [0.25, 0.3) is 11.1 Å². The van der Waals surface area contributed by atoms with E-state index in [9.17, 15) is 14.4 Å². The van der Waals surface area contributed by atoms with Crippen LogP contribution in [-0.4, -0.2) is 83.5 Å². The molecule has 0 saturated carbocycles. The zero-order valence-electron chi connectivity index (χ0n) is 19.3. The Morgan fingerprint density at radius 1 is 1.00 bits per heavy atom. The molecule has 35 heavy (non-hydrogen) atoms. The highest BCUT2D eigenvalue weighted by Crippen LogP contribution is 2.44. The van der Waals surface area contributed by atoms with Crippen molar-refractivity contribution in [2.45, 2.75) is 5.92 Å². The highest BCUT2D eigenvalue weighted by molar-refractivity contribution is 6.00. The van der Waals surface area contributed by atoms with Crippen molar-refractivity contribution in [1.29, 1.82) is 0 Å². The smallest absolute Gasteiger partial charge is 0.412 e. The van der Waals surface area contributed by atoms with Crippen LogP contribution < -0.4 is 5.32 Å². The van der Waals surface area contributed by atoms with Gasteiger partial charge >= 0.3 is 12.1 Å². The standard InChI is InChI=1S/C24H25N5O6/c1-28(2)11-12-29(13-20(30)31)23(32)21-22(27-35-26-21)25-24(33)34-14-19-17-9-5-3-7-15(17)16-8-4-6-10-18(16)19/h3-10,19H,11-14H2,1-2H3,(H,30,31)(H,25,27,33). The first-order chi connectivity index (χ1) is 16.8. The lowest BCUT2D eigenvalue weighted by Crippen LogP contribution is -2.40. The quantitative estimate of drug-likeness (QED) is 0.474.